The molecule has 2 heterocycles. The van der Waals surface area contributed by atoms with Gasteiger partial charge >= 0.3 is 5.97 Å². The first-order valence-electron chi connectivity index (χ1n) is 6.24. The van der Waals surface area contributed by atoms with Crippen molar-refractivity contribution in [3.05, 3.63) is 16.8 Å². The van der Waals surface area contributed by atoms with Gasteiger partial charge in [0.05, 0.1) is 11.9 Å². The lowest BCUT2D eigenvalue weighted by atomic mass is 10.3. The zero-order valence-electron chi connectivity index (χ0n) is 10.5. The van der Waals surface area contributed by atoms with Crippen LogP contribution in [0.4, 0.5) is 0 Å². The van der Waals surface area contributed by atoms with E-state index in [9.17, 15) is 4.79 Å². The van der Waals surface area contributed by atoms with Crippen LogP contribution in [0.1, 0.15) is 34.6 Å². The fraction of sp³-hybridized carbons (Fsp3) is 0.500. The number of hydrogen-bond acceptors (Lipinski definition) is 5. The van der Waals surface area contributed by atoms with E-state index >= 15 is 0 Å². The second-order valence-corrected chi connectivity index (χ2v) is 5.84. The van der Waals surface area contributed by atoms with Gasteiger partial charge in [0.2, 0.25) is 0 Å². The van der Waals surface area contributed by atoms with Gasteiger partial charge in [0.15, 0.2) is 0 Å². The van der Waals surface area contributed by atoms with Crippen molar-refractivity contribution in [2.45, 2.75) is 32.7 Å². The number of nitrogens with zero attached hydrogens (tertiary/aromatic N) is 4. The third-order valence-corrected chi connectivity index (χ3v) is 4.38. The van der Waals surface area contributed by atoms with Crippen LogP contribution < -0.4 is 0 Å². The molecule has 0 unspecified atom stereocenters. The molecular formula is C12H14N4O2S. The number of aryl methyl sites for hydroxylation is 2. The van der Waals surface area contributed by atoms with E-state index in [1.165, 1.54) is 12.8 Å². The van der Waals surface area contributed by atoms with Crippen LogP contribution in [0.25, 0.3) is 10.7 Å². The van der Waals surface area contributed by atoms with E-state index in [1.807, 2.05) is 10.9 Å². The first kappa shape index (κ1) is 12.3. The predicted molar refractivity (Wildman–Crippen MR) is 70.2 cm³/mol. The highest BCUT2D eigenvalue weighted by molar-refractivity contribution is 7.16. The molecular weight excluding hydrogens is 264 g/mol. The minimum absolute atomic E-state index is 0.266. The summed E-state index contributed by atoms with van der Waals surface area (Å²) in [5, 5.41) is 17.8. The molecule has 7 heteroatoms. The van der Waals surface area contributed by atoms with Crippen molar-refractivity contribution in [2.24, 2.45) is 5.92 Å². The van der Waals surface area contributed by atoms with Crippen LogP contribution in [0.3, 0.4) is 0 Å². The zero-order chi connectivity index (χ0) is 13.4. The Morgan fingerprint density at radius 3 is 3.00 bits per heavy atom. The largest absolute Gasteiger partial charge is 0.477 e. The maximum absolute atomic E-state index is 11.0. The number of aromatic carboxylic acids is 1. The molecule has 19 heavy (non-hydrogen) atoms. The van der Waals surface area contributed by atoms with Crippen LogP contribution in [0.2, 0.25) is 0 Å². The molecule has 0 atom stereocenters. The van der Waals surface area contributed by atoms with Gasteiger partial charge in [0.1, 0.15) is 15.6 Å². The molecule has 6 nitrogen and oxygen atoms in total. The molecule has 0 aromatic carbocycles. The Balaban J connectivity index is 1.77. The predicted octanol–water partition coefficient (Wildman–Crippen LogP) is 2.21. The molecule has 1 aliphatic rings. The molecule has 3 rings (SSSR count). The SMILES string of the molecule is Cc1nc(-c2cn(CCC3CC3)nn2)sc1C(=O)O. The van der Waals surface area contributed by atoms with E-state index in [-0.39, 0.29) is 4.88 Å². The van der Waals surface area contributed by atoms with E-state index in [1.54, 1.807) is 6.92 Å². The summed E-state index contributed by atoms with van der Waals surface area (Å²) in [6.45, 7) is 2.56. The topological polar surface area (TPSA) is 80.9 Å². The van der Waals surface area contributed by atoms with Crippen LogP contribution in [0.15, 0.2) is 6.20 Å². The standard InChI is InChI=1S/C12H14N4O2S/c1-7-10(12(17)18)19-11(13-7)9-6-16(15-14-9)5-4-8-2-3-8/h6,8H,2-5H2,1H3,(H,17,18). The minimum Gasteiger partial charge on any atom is -0.477 e. The first-order valence-corrected chi connectivity index (χ1v) is 7.06. The van der Waals surface area contributed by atoms with Gasteiger partial charge in [-0.2, -0.15) is 0 Å². The van der Waals surface area contributed by atoms with Crippen LogP contribution >= 0.6 is 11.3 Å². The summed E-state index contributed by atoms with van der Waals surface area (Å²) in [5.41, 5.74) is 1.18. The second kappa shape index (κ2) is 4.73. The number of hydrogen-bond donors (Lipinski definition) is 1. The van der Waals surface area contributed by atoms with Crippen molar-refractivity contribution in [1.29, 1.82) is 0 Å². The molecule has 2 aromatic heterocycles. The summed E-state index contributed by atoms with van der Waals surface area (Å²) in [4.78, 5) is 15.5. The molecule has 0 radical (unpaired) electrons. The Labute approximate surface area is 114 Å². The van der Waals surface area contributed by atoms with Crippen molar-refractivity contribution in [3.8, 4) is 10.7 Å². The summed E-state index contributed by atoms with van der Waals surface area (Å²) in [7, 11) is 0. The van der Waals surface area contributed by atoms with Gasteiger partial charge in [-0.05, 0) is 19.3 Å². The van der Waals surface area contributed by atoms with E-state index < -0.39 is 5.97 Å². The lowest BCUT2D eigenvalue weighted by molar-refractivity contribution is 0.0701. The molecule has 0 aliphatic heterocycles. The highest BCUT2D eigenvalue weighted by atomic mass is 32.1. The smallest absolute Gasteiger partial charge is 0.347 e. The molecule has 1 aliphatic carbocycles. The first-order chi connectivity index (χ1) is 9.13. The molecule has 2 aromatic rings. The van der Waals surface area contributed by atoms with Crippen molar-refractivity contribution >= 4 is 17.3 Å². The number of thiazole rings is 1. The molecule has 0 saturated heterocycles. The van der Waals surface area contributed by atoms with Crippen LogP contribution in [-0.2, 0) is 6.54 Å². The van der Waals surface area contributed by atoms with Gasteiger partial charge in [-0.25, -0.2) is 9.78 Å². The van der Waals surface area contributed by atoms with Crippen molar-refractivity contribution in [2.75, 3.05) is 0 Å². The molecule has 100 valence electrons. The average Bonchev–Trinajstić information content (AvgIpc) is 2.93. The Morgan fingerprint density at radius 2 is 2.37 bits per heavy atom. The van der Waals surface area contributed by atoms with Crippen LogP contribution in [-0.4, -0.2) is 31.1 Å². The molecule has 0 amide bonds. The molecule has 1 fully saturated rings. The molecule has 1 N–H and O–H groups in total. The average molecular weight is 278 g/mol. The summed E-state index contributed by atoms with van der Waals surface area (Å²) in [6, 6.07) is 0. The van der Waals surface area contributed by atoms with Crippen LogP contribution in [0.5, 0.6) is 0 Å². The summed E-state index contributed by atoms with van der Waals surface area (Å²) in [5.74, 6) is -0.0873. The van der Waals surface area contributed by atoms with Gasteiger partial charge in [0.25, 0.3) is 0 Å². The van der Waals surface area contributed by atoms with Crippen molar-refractivity contribution < 1.29 is 9.90 Å². The highest BCUT2D eigenvalue weighted by Crippen LogP contribution is 2.33. The Kier molecular flexibility index (Phi) is 3.06. The number of carbonyl (C=O) groups is 1. The van der Waals surface area contributed by atoms with E-state index in [0.717, 1.165) is 30.2 Å². The van der Waals surface area contributed by atoms with Gasteiger partial charge in [-0.1, -0.05) is 18.1 Å². The third-order valence-electron chi connectivity index (χ3n) is 3.21. The Bertz CT molecular complexity index is 615. The van der Waals surface area contributed by atoms with E-state index in [2.05, 4.69) is 15.3 Å². The molecule has 1 saturated carbocycles. The van der Waals surface area contributed by atoms with Gasteiger partial charge in [-0.15, -0.1) is 16.4 Å². The number of rotatable bonds is 5. The number of carboxylic acid groups (broad SMARTS) is 1. The summed E-state index contributed by atoms with van der Waals surface area (Å²) in [6.07, 6.45) is 5.64. The van der Waals surface area contributed by atoms with Gasteiger partial charge in [0, 0.05) is 6.54 Å². The Hall–Kier alpha value is -1.76. The van der Waals surface area contributed by atoms with Crippen LogP contribution in [0, 0.1) is 12.8 Å². The maximum atomic E-state index is 11.0. The van der Waals surface area contributed by atoms with Gasteiger partial charge in [-0.3, -0.25) is 4.68 Å². The van der Waals surface area contributed by atoms with E-state index in [4.69, 9.17) is 5.11 Å². The fourth-order valence-corrected chi connectivity index (χ4v) is 2.79. The lowest BCUT2D eigenvalue weighted by Gasteiger charge is -1.96. The lowest BCUT2D eigenvalue weighted by Crippen LogP contribution is -1.99. The number of carboxylic acids is 1. The van der Waals surface area contributed by atoms with Crippen molar-refractivity contribution in [3.63, 3.8) is 0 Å². The summed E-state index contributed by atoms with van der Waals surface area (Å²) >= 11 is 1.14. The zero-order valence-corrected chi connectivity index (χ0v) is 11.4. The Morgan fingerprint density at radius 1 is 1.58 bits per heavy atom. The highest BCUT2D eigenvalue weighted by Gasteiger charge is 2.21. The minimum atomic E-state index is -0.942. The van der Waals surface area contributed by atoms with Crippen molar-refractivity contribution in [1.82, 2.24) is 20.0 Å². The van der Waals surface area contributed by atoms with Gasteiger partial charge < -0.3 is 5.11 Å². The van der Waals surface area contributed by atoms with E-state index in [0.29, 0.717) is 16.4 Å². The normalized spacial score (nSPS) is 14.8. The monoisotopic (exact) mass is 278 g/mol. The maximum Gasteiger partial charge on any atom is 0.347 e. The second-order valence-electron chi connectivity index (χ2n) is 4.84. The third kappa shape index (κ3) is 2.65. The quantitative estimate of drug-likeness (QED) is 0.906. The molecule has 0 spiro atoms. The summed E-state index contributed by atoms with van der Waals surface area (Å²) < 4.78 is 1.81. The fourth-order valence-electron chi connectivity index (χ4n) is 1.93. The number of aromatic nitrogens is 4. The molecule has 0 bridgehead atoms.